The Morgan fingerprint density at radius 2 is 2.06 bits per heavy atom. The SMILES string of the molecule is CN1CCOC(CN2CC(CN)OC(C)(C)C2)C1. The molecule has 0 amide bonds. The first-order chi connectivity index (χ1) is 8.48. The molecule has 2 fully saturated rings. The lowest BCUT2D eigenvalue weighted by atomic mass is 10.0. The van der Waals surface area contributed by atoms with Crippen molar-refractivity contribution in [2.45, 2.75) is 31.7 Å². The van der Waals surface area contributed by atoms with Crippen LogP contribution < -0.4 is 5.73 Å². The Hall–Kier alpha value is -0.200. The molecule has 0 bridgehead atoms. The number of nitrogens with two attached hydrogens (primary N) is 1. The molecule has 2 rings (SSSR count). The van der Waals surface area contributed by atoms with Gasteiger partial charge in [0.2, 0.25) is 0 Å². The summed E-state index contributed by atoms with van der Waals surface area (Å²) in [6.45, 7) is 10.6. The maximum absolute atomic E-state index is 5.95. The van der Waals surface area contributed by atoms with E-state index in [1.54, 1.807) is 0 Å². The van der Waals surface area contributed by atoms with Crippen LogP contribution in [0.4, 0.5) is 0 Å². The second-order valence-corrected chi connectivity index (χ2v) is 6.18. The van der Waals surface area contributed by atoms with Gasteiger partial charge in [0.25, 0.3) is 0 Å². The van der Waals surface area contributed by atoms with Gasteiger partial charge in [0, 0.05) is 39.3 Å². The predicted octanol–water partition coefficient (Wildman–Crippen LogP) is -0.245. The molecule has 2 saturated heterocycles. The fourth-order valence-corrected chi connectivity index (χ4v) is 2.94. The largest absolute Gasteiger partial charge is 0.374 e. The van der Waals surface area contributed by atoms with Crippen molar-refractivity contribution in [2.24, 2.45) is 5.73 Å². The smallest absolute Gasteiger partial charge is 0.0831 e. The van der Waals surface area contributed by atoms with Crippen LogP contribution in [0.5, 0.6) is 0 Å². The standard InChI is InChI=1S/C13H27N3O2/c1-13(2)10-16(8-11(6-14)18-13)9-12-7-15(3)4-5-17-12/h11-12H,4-10,14H2,1-3H3. The van der Waals surface area contributed by atoms with Crippen molar-refractivity contribution in [1.82, 2.24) is 9.80 Å². The van der Waals surface area contributed by atoms with E-state index in [2.05, 4.69) is 30.7 Å². The molecule has 106 valence electrons. The minimum atomic E-state index is -0.108. The van der Waals surface area contributed by atoms with E-state index in [9.17, 15) is 0 Å². The van der Waals surface area contributed by atoms with E-state index in [0.717, 1.165) is 39.3 Å². The first kappa shape index (κ1) is 14.2. The Labute approximate surface area is 110 Å². The maximum atomic E-state index is 5.95. The summed E-state index contributed by atoms with van der Waals surface area (Å²) >= 11 is 0. The Bertz CT molecular complexity index is 273. The summed E-state index contributed by atoms with van der Waals surface area (Å²) in [5, 5.41) is 0. The van der Waals surface area contributed by atoms with E-state index in [1.165, 1.54) is 0 Å². The number of hydrogen-bond donors (Lipinski definition) is 1. The third-order valence-corrected chi connectivity index (χ3v) is 3.62. The zero-order valence-corrected chi connectivity index (χ0v) is 11.9. The van der Waals surface area contributed by atoms with Gasteiger partial charge in [0.15, 0.2) is 0 Å². The lowest BCUT2D eigenvalue weighted by Gasteiger charge is -2.44. The van der Waals surface area contributed by atoms with Gasteiger partial charge in [-0.2, -0.15) is 0 Å². The van der Waals surface area contributed by atoms with Crippen LogP contribution in [-0.4, -0.2) is 80.5 Å². The van der Waals surface area contributed by atoms with E-state index in [0.29, 0.717) is 12.6 Å². The van der Waals surface area contributed by atoms with Crippen molar-refractivity contribution in [2.75, 3.05) is 52.9 Å². The van der Waals surface area contributed by atoms with Gasteiger partial charge in [-0.3, -0.25) is 4.90 Å². The van der Waals surface area contributed by atoms with Gasteiger partial charge in [-0.1, -0.05) is 0 Å². The van der Waals surface area contributed by atoms with Crippen molar-refractivity contribution in [1.29, 1.82) is 0 Å². The maximum Gasteiger partial charge on any atom is 0.0831 e. The first-order valence-corrected chi connectivity index (χ1v) is 6.89. The summed E-state index contributed by atoms with van der Waals surface area (Å²) in [7, 11) is 2.15. The molecule has 0 aromatic heterocycles. The van der Waals surface area contributed by atoms with Crippen molar-refractivity contribution >= 4 is 0 Å². The third-order valence-electron chi connectivity index (χ3n) is 3.62. The average molecular weight is 257 g/mol. The molecule has 18 heavy (non-hydrogen) atoms. The van der Waals surface area contributed by atoms with Crippen LogP contribution in [0.3, 0.4) is 0 Å². The number of ether oxygens (including phenoxy) is 2. The molecule has 0 radical (unpaired) electrons. The van der Waals surface area contributed by atoms with E-state index in [-0.39, 0.29) is 11.7 Å². The molecule has 5 nitrogen and oxygen atoms in total. The molecular formula is C13H27N3O2. The van der Waals surface area contributed by atoms with Crippen LogP contribution in [0.25, 0.3) is 0 Å². The molecule has 2 unspecified atom stereocenters. The van der Waals surface area contributed by atoms with Crippen molar-refractivity contribution in [3.05, 3.63) is 0 Å². The normalized spacial score (nSPS) is 34.7. The molecule has 2 N–H and O–H groups in total. The highest BCUT2D eigenvalue weighted by Gasteiger charge is 2.34. The van der Waals surface area contributed by atoms with Gasteiger partial charge >= 0.3 is 0 Å². The summed E-state index contributed by atoms with van der Waals surface area (Å²) < 4.78 is 11.8. The summed E-state index contributed by atoms with van der Waals surface area (Å²) in [5.74, 6) is 0. The molecule has 0 spiro atoms. The van der Waals surface area contributed by atoms with Crippen molar-refractivity contribution in [3.8, 4) is 0 Å². The van der Waals surface area contributed by atoms with E-state index in [4.69, 9.17) is 15.2 Å². The van der Waals surface area contributed by atoms with E-state index >= 15 is 0 Å². The summed E-state index contributed by atoms with van der Waals surface area (Å²) in [6, 6.07) is 0. The molecule has 5 heteroatoms. The third kappa shape index (κ3) is 3.90. The monoisotopic (exact) mass is 257 g/mol. The van der Waals surface area contributed by atoms with Crippen LogP contribution in [-0.2, 0) is 9.47 Å². The van der Waals surface area contributed by atoms with Gasteiger partial charge < -0.3 is 20.1 Å². The van der Waals surface area contributed by atoms with E-state index < -0.39 is 0 Å². The zero-order valence-electron chi connectivity index (χ0n) is 11.9. The molecule has 0 aliphatic carbocycles. The molecule has 2 heterocycles. The van der Waals surface area contributed by atoms with Gasteiger partial charge in [0.05, 0.1) is 24.4 Å². The quantitative estimate of drug-likeness (QED) is 0.756. The molecule has 2 aliphatic heterocycles. The second kappa shape index (κ2) is 5.84. The van der Waals surface area contributed by atoms with E-state index in [1.807, 2.05) is 0 Å². The molecule has 0 saturated carbocycles. The molecule has 0 aromatic rings. The van der Waals surface area contributed by atoms with Crippen LogP contribution >= 0.6 is 0 Å². The van der Waals surface area contributed by atoms with Crippen LogP contribution in [0.1, 0.15) is 13.8 Å². The second-order valence-electron chi connectivity index (χ2n) is 6.18. The first-order valence-electron chi connectivity index (χ1n) is 6.89. The number of morpholine rings is 2. The molecule has 2 atom stereocenters. The number of likely N-dealkylation sites (N-methyl/N-ethyl adjacent to an activating group) is 1. The zero-order chi connectivity index (χ0) is 13.2. The van der Waals surface area contributed by atoms with Gasteiger partial charge in [-0.15, -0.1) is 0 Å². The Kier molecular flexibility index (Phi) is 4.61. The Balaban J connectivity index is 1.87. The minimum Gasteiger partial charge on any atom is -0.374 e. The average Bonchev–Trinajstić information content (AvgIpc) is 2.26. The number of nitrogens with zero attached hydrogens (tertiary/aromatic N) is 2. The number of hydrogen-bond acceptors (Lipinski definition) is 5. The summed E-state index contributed by atoms with van der Waals surface area (Å²) in [4.78, 5) is 4.77. The summed E-state index contributed by atoms with van der Waals surface area (Å²) in [6.07, 6.45) is 0.464. The highest BCUT2D eigenvalue weighted by Crippen LogP contribution is 2.21. The highest BCUT2D eigenvalue weighted by atomic mass is 16.5. The molecular weight excluding hydrogens is 230 g/mol. The van der Waals surface area contributed by atoms with Gasteiger partial charge in [-0.25, -0.2) is 0 Å². The van der Waals surface area contributed by atoms with Crippen molar-refractivity contribution < 1.29 is 9.47 Å². The molecule has 0 aromatic carbocycles. The van der Waals surface area contributed by atoms with Crippen molar-refractivity contribution in [3.63, 3.8) is 0 Å². The molecule has 2 aliphatic rings. The lowest BCUT2D eigenvalue weighted by molar-refractivity contribution is -0.142. The fraction of sp³-hybridized carbons (Fsp3) is 1.00. The number of rotatable bonds is 3. The van der Waals surface area contributed by atoms with Crippen LogP contribution in [0, 0.1) is 0 Å². The summed E-state index contributed by atoms with van der Waals surface area (Å²) in [5.41, 5.74) is 5.64. The Morgan fingerprint density at radius 3 is 2.72 bits per heavy atom. The van der Waals surface area contributed by atoms with Gasteiger partial charge in [0.1, 0.15) is 0 Å². The topological polar surface area (TPSA) is 51.0 Å². The van der Waals surface area contributed by atoms with Crippen LogP contribution in [0.15, 0.2) is 0 Å². The Morgan fingerprint density at radius 1 is 1.28 bits per heavy atom. The van der Waals surface area contributed by atoms with Gasteiger partial charge in [-0.05, 0) is 20.9 Å². The fourth-order valence-electron chi connectivity index (χ4n) is 2.94. The minimum absolute atomic E-state index is 0.108. The van der Waals surface area contributed by atoms with Crippen LogP contribution in [0.2, 0.25) is 0 Å². The lowest BCUT2D eigenvalue weighted by Crippen LogP contribution is -2.57. The predicted molar refractivity (Wildman–Crippen MR) is 71.7 cm³/mol. The highest BCUT2D eigenvalue weighted by molar-refractivity contribution is 4.86.